The van der Waals surface area contributed by atoms with Crippen molar-refractivity contribution < 1.29 is 0 Å². The van der Waals surface area contributed by atoms with Crippen LogP contribution in [-0.4, -0.2) is 17.0 Å². The number of nitrogens with two attached hydrogens (primary N) is 1. The van der Waals surface area contributed by atoms with E-state index in [0.29, 0.717) is 16.7 Å². The summed E-state index contributed by atoms with van der Waals surface area (Å²) in [6.07, 6.45) is 5.10. The number of rotatable bonds is 3. The molecule has 0 radical (unpaired) electrons. The van der Waals surface area contributed by atoms with E-state index in [1.54, 1.807) is 0 Å². The molecule has 1 nitrogen and oxygen atoms in total. The second-order valence-corrected chi connectivity index (χ2v) is 6.33. The Bertz CT molecular complexity index is 156. The highest BCUT2D eigenvalue weighted by Gasteiger charge is 2.32. The van der Waals surface area contributed by atoms with Crippen LogP contribution in [0, 0.1) is 5.41 Å². The maximum atomic E-state index is 6.12. The van der Waals surface area contributed by atoms with Gasteiger partial charge in [-0.1, -0.05) is 20.8 Å². The average Bonchev–Trinajstić information content (AvgIpc) is 2.07. The summed E-state index contributed by atoms with van der Waals surface area (Å²) < 4.78 is 0. The van der Waals surface area contributed by atoms with Crippen LogP contribution in [0.5, 0.6) is 0 Å². The minimum absolute atomic E-state index is 0.449. The first-order valence-corrected chi connectivity index (χ1v) is 6.47. The molecule has 78 valence electrons. The molecular weight excluding hydrogens is 178 g/mol. The number of hydrogen-bond acceptors (Lipinski definition) is 2. The van der Waals surface area contributed by atoms with Gasteiger partial charge in [-0.05, 0) is 36.9 Å². The minimum Gasteiger partial charge on any atom is -0.327 e. The van der Waals surface area contributed by atoms with Crippen LogP contribution in [0.4, 0.5) is 0 Å². The normalized spacial score (nSPS) is 33.2. The molecule has 1 aliphatic carbocycles. The Balaban J connectivity index is 2.41. The van der Waals surface area contributed by atoms with Gasteiger partial charge in [0.15, 0.2) is 0 Å². The maximum absolute atomic E-state index is 6.12. The van der Waals surface area contributed by atoms with Crippen molar-refractivity contribution in [2.24, 2.45) is 11.1 Å². The Morgan fingerprint density at radius 2 is 2.15 bits per heavy atom. The highest BCUT2D eigenvalue weighted by molar-refractivity contribution is 7.99. The van der Waals surface area contributed by atoms with Gasteiger partial charge in [0.1, 0.15) is 0 Å². The highest BCUT2D eigenvalue weighted by atomic mass is 32.2. The van der Waals surface area contributed by atoms with Crippen molar-refractivity contribution in [2.45, 2.75) is 57.7 Å². The van der Waals surface area contributed by atoms with E-state index in [4.69, 9.17) is 5.73 Å². The highest BCUT2D eigenvalue weighted by Crippen LogP contribution is 2.39. The first kappa shape index (κ1) is 11.4. The van der Waals surface area contributed by atoms with Gasteiger partial charge >= 0.3 is 0 Å². The molecule has 0 heterocycles. The third-order valence-corrected chi connectivity index (χ3v) is 4.51. The van der Waals surface area contributed by atoms with Gasteiger partial charge in [-0.25, -0.2) is 0 Å². The summed E-state index contributed by atoms with van der Waals surface area (Å²) in [5.41, 5.74) is 6.65. The van der Waals surface area contributed by atoms with Gasteiger partial charge in [0.2, 0.25) is 0 Å². The van der Waals surface area contributed by atoms with Crippen LogP contribution in [0.15, 0.2) is 0 Å². The molecule has 0 saturated heterocycles. The van der Waals surface area contributed by atoms with Gasteiger partial charge in [-0.2, -0.15) is 11.8 Å². The number of thioether (sulfide) groups is 1. The summed E-state index contributed by atoms with van der Waals surface area (Å²) in [6, 6.07) is 0.449. The van der Waals surface area contributed by atoms with Crippen LogP contribution in [0.25, 0.3) is 0 Å². The summed E-state index contributed by atoms with van der Waals surface area (Å²) in [4.78, 5) is 0. The third kappa shape index (κ3) is 3.51. The molecule has 0 aromatic heterocycles. The molecule has 0 amide bonds. The molecule has 2 N–H and O–H groups in total. The molecule has 0 aromatic carbocycles. The molecule has 0 aromatic rings. The summed E-state index contributed by atoms with van der Waals surface area (Å²) in [7, 11) is 0. The summed E-state index contributed by atoms with van der Waals surface area (Å²) in [6.45, 7) is 6.99. The van der Waals surface area contributed by atoms with Crippen LogP contribution in [-0.2, 0) is 0 Å². The molecular formula is C11H23NS. The molecule has 0 aliphatic heterocycles. The van der Waals surface area contributed by atoms with Crippen LogP contribution in [0.2, 0.25) is 0 Å². The van der Waals surface area contributed by atoms with Gasteiger partial charge in [0.05, 0.1) is 0 Å². The van der Waals surface area contributed by atoms with Crippen molar-refractivity contribution in [3.05, 3.63) is 0 Å². The van der Waals surface area contributed by atoms with Crippen LogP contribution in [0.1, 0.15) is 46.5 Å². The zero-order valence-corrected chi connectivity index (χ0v) is 9.99. The first-order valence-electron chi connectivity index (χ1n) is 5.42. The second-order valence-electron chi connectivity index (χ2n) is 4.98. The maximum Gasteiger partial charge on any atom is 0.0204 e. The molecule has 2 heteroatoms. The molecule has 1 fully saturated rings. The van der Waals surface area contributed by atoms with E-state index in [2.05, 4.69) is 32.5 Å². The Kier molecular flexibility index (Phi) is 4.11. The lowest BCUT2D eigenvalue weighted by atomic mass is 9.75. The third-order valence-electron chi connectivity index (χ3n) is 2.92. The van der Waals surface area contributed by atoms with Crippen molar-refractivity contribution in [3.8, 4) is 0 Å². The Morgan fingerprint density at radius 1 is 1.46 bits per heavy atom. The van der Waals surface area contributed by atoms with E-state index in [1.165, 1.54) is 31.4 Å². The summed E-state index contributed by atoms with van der Waals surface area (Å²) >= 11 is 2.08. The summed E-state index contributed by atoms with van der Waals surface area (Å²) in [5, 5.41) is 0.712. The summed E-state index contributed by atoms with van der Waals surface area (Å²) in [5.74, 6) is 1.27. The largest absolute Gasteiger partial charge is 0.327 e. The molecule has 13 heavy (non-hydrogen) atoms. The lowest BCUT2D eigenvalue weighted by Gasteiger charge is -2.38. The van der Waals surface area contributed by atoms with E-state index in [9.17, 15) is 0 Å². The minimum atomic E-state index is 0.449. The lowest BCUT2D eigenvalue weighted by molar-refractivity contribution is 0.232. The molecule has 2 unspecified atom stereocenters. The van der Waals surface area contributed by atoms with E-state index in [0.717, 1.165) is 0 Å². The smallest absolute Gasteiger partial charge is 0.0204 e. The van der Waals surface area contributed by atoms with Crippen molar-refractivity contribution in [2.75, 3.05) is 5.75 Å². The quantitative estimate of drug-likeness (QED) is 0.759. The zero-order valence-electron chi connectivity index (χ0n) is 9.18. The van der Waals surface area contributed by atoms with E-state index in [1.807, 2.05) is 0 Å². The zero-order chi connectivity index (χ0) is 9.90. The fourth-order valence-electron chi connectivity index (χ4n) is 1.99. The molecule has 1 saturated carbocycles. The van der Waals surface area contributed by atoms with Gasteiger partial charge in [-0.3, -0.25) is 0 Å². The van der Waals surface area contributed by atoms with Crippen molar-refractivity contribution in [1.82, 2.24) is 0 Å². The topological polar surface area (TPSA) is 26.0 Å². The van der Waals surface area contributed by atoms with Crippen LogP contribution in [0.3, 0.4) is 0 Å². The fourth-order valence-corrected chi connectivity index (χ4v) is 3.48. The first-order chi connectivity index (χ1) is 6.05. The van der Waals surface area contributed by atoms with Gasteiger partial charge in [0.25, 0.3) is 0 Å². The van der Waals surface area contributed by atoms with E-state index < -0.39 is 0 Å². The lowest BCUT2D eigenvalue weighted by Crippen LogP contribution is -2.41. The molecule has 0 spiro atoms. The predicted octanol–water partition coefficient (Wildman–Crippen LogP) is 3.04. The van der Waals surface area contributed by atoms with Gasteiger partial charge in [-0.15, -0.1) is 0 Å². The van der Waals surface area contributed by atoms with E-state index >= 15 is 0 Å². The van der Waals surface area contributed by atoms with Crippen LogP contribution >= 0.6 is 11.8 Å². The van der Waals surface area contributed by atoms with Gasteiger partial charge < -0.3 is 5.73 Å². The van der Waals surface area contributed by atoms with Crippen molar-refractivity contribution in [3.63, 3.8) is 0 Å². The SMILES string of the molecule is CCCSC1CC(C)(C)CCC1N. The Labute approximate surface area is 86.8 Å². The standard InChI is InChI=1S/C11H23NS/c1-4-7-13-10-8-11(2,3)6-5-9(10)12/h9-10H,4-8,12H2,1-3H3. The Morgan fingerprint density at radius 3 is 2.77 bits per heavy atom. The molecule has 1 rings (SSSR count). The van der Waals surface area contributed by atoms with Crippen LogP contribution < -0.4 is 5.73 Å². The second kappa shape index (κ2) is 4.70. The molecule has 2 atom stereocenters. The van der Waals surface area contributed by atoms with Gasteiger partial charge in [0, 0.05) is 11.3 Å². The predicted molar refractivity (Wildman–Crippen MR) is 62.1 cm³/mol. The Hall–Kier alpha value is 0.310. The average molecular weight is 201 g/mol. The van der Waals surface area contributed by atoms with E-state index in [-0.39, 0.29) is 0 Å². The molecule has 1 aliphatic rings. The molecule has 0 bridgehead atoms. The number of hydrogen-bond donors (Lipinski definition) is 1. The monoisotopic (exact) mass is 201 g/mol. The van der Waals surface area contributed by atoms with Crippen molar-refractivity contribution >= 4 is 11.8 Å². The fraction of sp³-hybridized carbons (Fsp3) is 1.00. The van der Waals surface area contributed by atoms with Crippen molar-refractivity contribution in [1.29, 1.82) is 0 Å².